The van der Waals surface area contributed by atoms with Gasteiger partial charge in [-0.05, 0) is 37.8 Å². The van der Waals surface area contributed by atoms with Gasteiger partial charge in [0.25, 0.3) is 0 Å². The molecule has 3 unspecified atom stereocenters. The summed E-state index contributed by atoms with van der Waals surface area (Å²) in [6.45, 7) is 1.84. The molecule has 1 aromatic carbocycles. The highest BCUT2D eigenvalue weighted by Gasteiger charge is 2.28. The molecule has 0 saturated heterocycles. The van der Waals surface area contributed by atoms with Crippen molar-refractivity contribution in [2.24, 2.45) is 11.7 Å². The average Bonchev–Trinajstić information content (AvgIpc) is 2.84. The summed E-state index contributed by atoms with van der Waals surface area (Å²) >= 11 is 0. The van der Waals surface area contributed by atoms with Gasteiger partial charge in [-0.15, -0.1) is 0 Å². The number of hydrogen-bond acceptors (Lipinski definition) is 4. The predicted molar refractivity (Wildman–Crippen MR) is 86.8 cm³/mol. The minimum absolute atomic E-state index is 0.0189. The van der Waals surface area contributed by atoms with Crippen LogP contribution in [0.5, 0.6) is 0 Å². The SMILES string of the molecule is CC(NC(=O)C1CCC(N)C1)c1ccccc1NS(C)(=O)=O. The molecule has 2 rings (SSSR count). The lowest BCUT2D eigenvalue weighted by Crippen LogP contribution is -2.33. The number of carbonyl (C=O) groups excluding carboxylic acids is 1. The predicted octanol–water partition coefficient (Wildman–Crippen LogP) is 1.36. The molecule has 1 aliphatic rings. The first kappa shape index (κ1) is 16.8. The largest absolute Gasteiger partial charge is 0.349 e. The zero-order valence-corrected chi connectivity index (χ0v) is 13.7. The van der Waals surface area contributed by atoms with Crippen molar-refractivity contribution < 1.29 is 13.2 Å². The van der Waals surface area contributed by atoms with Crippen molar-refractivity contribution in [1.29, 1.82) is 0 Å². The van der Waals surface area contributed by atoms with Crippen LogP contribution in [0.2, 0.25) is 0 Å². The zero-order chi connectivity index (χ0) is 16.3. The minimum atomic E-state index is -3.36. The molecule has 4 N–H and O–H groups in total. The monoisotopic (exact) mass is 325 g/mol. The Hall–Kier alpha value is -1.60. The zero-order valence-electron chi connectivity index (χ0n) is 12.9. The summed E-state index contributed by atoms with van der Waals surface area (Å²) in [4.78, 5) is 12.3. The van der Waals surface area contributed by atoms with Gasteiger partial charge in [-0.25, -0.2) is 8.42 Å². The van der Waals surface area contributed by atoms with E-state index in [1.54, 1.807) is 18.2 Å². The van der Waals surface area contributed by atoms with E-state index < -0.39 is 10.0 Å². The average molecular weight is 325 g/mol. The number of amides is 1. The van der Waals surface area contributed by atoms with E-state index in [4.69, 9.17) is 5.73 Å². The quantitative estimate of drug-likeness (QED) is 0.761. The smallest absolute Gasteiger partial charge is 0.229 e. The summed E-state index contributed by atoms with van der Waals surface area (Å²) in [5, 5.41) is 2.96. The van der Waals surface area contributed by atoms with E-state index in [2.05, 4.69) is 10.0 Å². The molecule has 0 bridgehead atoms. The van der Waals surface area contributed by atoms with E-state index >= 15 is 0 Å². The molecule has 1 fully saturated rings. The van der Waals surface area contributed by atoms with Crippen LogP contribution in [0.4, 0.5) is 5.69 Å². The number of rotatable bonds is 5. The molecule has 122 valence electrons. The van der Waals surface area contributed by atoms with Crippen molar-refractivity contribution in [3.63, 3.8) is 0 Å². The maximum atomic E-state index is 12.3. The molecule has 7 heteroatoms. The third-order valence-corrected chi connectivity index (χ3v) is 4.52. The Morgan fingerprint density at radius 3 is 2.59 bits per heavy atom. The van der Waals surface area contributed by atoms with E-state index in [0.29, 0.717) is 12.1 Å². The van der Waals surface area contributed by atoms with Crippen molar-refractivity contribution in [3.8, 4) is 0 Å². The maximum Gasteiger partial charge on any atom is 0.229 e. The summed E-state index contributed by atoms with van der Waals surface area (Å²) in [5.41, 5.74) is 7.07. The molecule has 0 spiro atoms. The van der Waals surface area contributed by atoms with Gasteiger partial charge >= 0.3 is 0 Å². The van der Waals surface area contributed by atoms with Gasteiger partial charge in [-0.1, -0.05) is 18.2 Å². The molecule has 0 heterocycles. The molecule has 1 amide bonds. The van der Waals surface area contributed by atoms with Crippen LogP contribution in [0.15, 0.2) is 24.3 Å². The summed E-state index contributed by atoms with van der Waals surface area (Å²) in [6, 6.07) is 6.88. The van der Waals surface area contributed by atoms with Crippen molar-refractivity contribution in [3.05, 3.63) is 29.8 Å². The van der Waals surface area contributed by atoms with E-state index in [-0.39, 0.29) is 23.9 Å². The van der Waals surface area contributed by atoms with Gasteiger partial charge in [0, 0.05) is 12.0 Å². The summed E-state index contributed by atoms with van der Waals surface area (Å²) in [7, 11) is -3.36. The van der Waals surface area contributed by atoms with E-state index in [0.717, 1.165) is 24.7 Å². The van der Waals surface area contributed by atoms with E-state index in [1.165, 1.54) is 0 Å². The molecule has 0 aliphatic heterocycles. The number of anilines is 1. The number of carbonyl (C=O) groups is 1. The molecular weight excluding hydrogens is 302 g/mol. The molecule has 1 aliphatic carbocycles. The second kappa shape index (κ2) is 6.66. The first-order valence-corrected chi connectivity index (χ1v) is 9.28. The van der Waals surface area contributed by atoms with Gasteiger partial charge in [-0.3, -0.25) is 9.52 Å². The fourth-order valence-corrected chi connectivity index (χ4v) is 3.42. The van der Waals surface area contributed by atoms with E-state index in [1.807, 2.05) is 13.0 Å². The Labute approximate surface area is 131 Å². The highest BCUT2D eigenvalue weighted by atomic mass is 32.2. The van der Waals surface area contributed by atoms with Crippen LogP contribution in [-0.4, -0.2) is 26.6 Å². The standard InChI is InChI=1S/C15H23N3O3S/c1-10(17-15(19)11-7-8-12(16)9-11)13-5-3-4-6-14(13)18-22(2,20)21/h3-6,10-12,18H,7-9,16H2,1-2H3,(H,17,19). The van der Waals surface area contributed by atoms with Crippen molar-refractivity contribution in [2.45, 2.75) is 38.3 Å². The molecule has 0 radical (unpaired) electrons. The van der Waals surface area contributed by atoms with Crippen LogP contribution < -0.4 is 15.8 Å². The second-order valence-electron chi connectivity index (χ2n) is 5.96. The van der Waals surface area contributed by atoms with Crippen molar-refractivity contribution >= 4 is 21.6 Å². The first-order chi connectivity index (χ1) is 10.3. The summed E-state index contributed by atoms with van der Waals surface area (Å²) in [5.74, 6) is -0.0675. The van der Waals surface area contributed by atoms with Gasteiger partial charge in [0.05, 0.1) is 18.0 Å². The molecular formula is C15H23N3O3S. The number of para-hydroxylation sites is 1. The lowest BCUT2D eigenvalue weighted by atomic mass is 10.0. The highest BCUT2D eigenvalue weighted by Crippen LogP contribution is 2.27. The van der Waals surface area contributed by atoms with Gasteiger partial charge in [-0.2, -0.15) is 0 Å². The van der Waals surface area contributed by atoms with Gasteiger partial charge < -0.3 is 11.1 Å². The highest BCUT2D eigenvalue weighted by molar-refractivity contribution is 7.92. The van der Waals surface area contributed by atoms with Crippen molar-refractivity contribution in [1.82, 2.24) is 5.32 Å². The van der Waals surface area contributed by atoms with Crippen LogP contribution >= 0.6 is 0 Å². The lowest BCUT2D eigenvalue weighted by Gasteiger charge is -2.20. The normalized spacial score (nSPS) is 23.0. The lowest BCUT2D eigenvalue weighted by molar-refractivity contribution is -0.125. The first-order valence-electron chi connectivity index (χ1n) is 7.39. The molecule has 3 atom stereocenters. The fraction of sp³-hybridized carbons (Fsp3) is 0.533. The fourth-order valence-electron chi connectivity index (χ4n) is 2.83. The summed E-state index contributed by atoms with van der Waals surface area (Å²) < 4.78 is 25.3. The number of sulfonamides is 1. The Morgan fingerprint density at radius 2 is 2.00 bits per heavy atom. The molecule has 6 nitrogen and oxygen atoms in total. The van der Waals surface area contributed by atoms with Gasteiger partial charge in [0.15, 0.2) is 0 Å². The maximum absolute atomic E-state index is 12.3. The molecule has 1 aromatic rings. The number of nitrogens with one attached hydrogen (secondary N) is 2. The van der Waals surface area contributed by atoms with Crippen LogP contribution in [0.3, 0.4) is 0 Å². The Kier molecular flexibility index (Phi) is 5.08. The van der Waals surface area contributed by atoms with Crippen LogP contribution in [-0.2, 0) is 14.8 Å². The minimum Gasteiger partial charge on any atom is -0.349 e. The molecule has 22 heavy (non-hydrogen) atoms. The molecule has 0 aromatic heterocycles. The Bertz CT molecular complexity index is 645. The second-order valence-corrected chi connectivity index (χ2v) is 7.71. The Balaban J connectivity index is 2.09. The van der Waals surface area contributed by atoms with Crippen LogP contribution in [0.25, 0.3) is 0 Å². The third kappa shape index (κ3) is 4.45. The van der Waals surface area contributed by atoms with Crippen molar-refractivity contribution in [2.75, 3.05) is 11.0 Å². The number of nitrogens with two attached hydrogens (primary N) is 1. The Morgan fingerprint density at radius 1 is 1.32 bits per heavy atom. The van der Waals surface area contributed by atoms with Crippen LogP contribution in [0, 0.1) is 5.92 Å². The summed E-state index contributed by atoms with van der Waals surface area (Å²) in [6.07, 6.45) is 3.50. The number of hydrogen-bond donors (Lipinski definition) is 3. The van der Waals surface area contributed by atoms with Crippen LogP contribution in [0.1, 0.15) is 37.8 Å². The van der Waals surface area contributed by atoms with Gasteiger partial charge in [0.2, 0.25) is 15.9 Å². The van der Waals surface area contributed by atoms with E-state index in [9.17, 15) is 13.2 Å². The number of benzene rings is 1. The molecule has 1 saturated carbocycles. The topological polar surface area (TPSA) is 101 Å². The third-order valence-electron chi connectivity index (χ3n) is 3.93. The van der Waals surface area contributed by atoms with Gasteiger partial charge in [0.1, 0.15) is 0 Å².